The SMILES string of the molecule is C[C@H]1c2ccsc2CCN1C(=O)Cc1n[nH]c(=O)c2ccccc12. The summed E-state index contributed by atoms with van der Waals surface area (Å²) >= 11 is 1.76. The lowest BCUT2D eigenvalue weighted by atomic mass is 10.0. The molecule has 0 spiro atoms. The molecule has 5 nitrogen and oxygen atoms in total. The van der Waals surface area contributed by atoms with Crippen LogP contribution in [-0.4, -0.2) is 27.5 Å². The molecule has 1 aliphatic heterocycles. The van der Waals surface area contributed by atoms with Crippen LogP contribution in [0, 0.1) is 0 Å². The molecule has 1 amide bonds. The Morgan fingerprint density at radius 2 is 2.12 bits per heavy atom. The minimum Gasteiger partial charge on any atom is -0.335 e. The van der Waals surface area contributed by atoms with Gasteiger partial charge in [0.25, 0.3) is 5.56 Å². The number of aromatic nitrogens is 2. The third kappa shape index (κ3) is 2.43. The van der Waals surface area contributed by atoms with Gasteiger partial charge in [0.05, 0.1) is 23.5 Å². The maximum Gasteiger partial charge on any atom is 0.272 e. The molecule has 122 valence electrons. The van der Waals surface area contributed by atoms with Crippen molar-refractivity contribution < 1.29 is 4.79 Å². The molecule has 4 rings (SSSR count). The van der Waals surface area contributed by atoms with Crippen LogP contribution in [0.4, 0.5) is 0 Å². The number of carbonyl (C=O) groups excluding carboxylic acids is 1. The zero-order valence-electron chi connectivity index (χ0n) is 13.3. The first-order chi connectivity index (χ1) is 11.6. The van der Waals surface area contributed by atoms with Crippen molar-refractivity contribution in [3.63, 3.8) is 0 Å². The van der Waals surface area contributed by atoms with Crippen LogP contribution in [0.3, 0.4) is 0 Å². The number of H-pyrrole nitrogens is 1. The first-order valence-electron chi connectivity index (χ1n) is 7.97. The lowest BCUT2D eigenvalue weighted by molar-refractivity contribution is -0.133. The summed E-state index contributed by atoms with van der Waals surface area (Å²) in [6.45, 7) is 2.80. The molecule has 0 radical (unpaired) electrons. The number of nitrogens with one attached hydrogen (secondary N) is 1. The number of benzene rings is 1. The fraction of sp³-hybridized carbons (Fsp3) is 0.278. The van der Waals surface area contributed by atoms with Crippen molar-refractivity contribution in [3.8, 4) is 0 Å². The predicted molar refractivity (Wildman–Crippen MR) is 94.2 cm³/mol. The Hall–Kier alpha value is -2.47. The van der Waals surface area contributed by atoms with E-state index in [0.29, 0.717) is 11.1 Å². The monoisotopic (exact) mass is 339 g/mol. The van der Waals surface area contributed by atoms with Crippen molar-refractivity contribution in [1.29, 1.82) is 0 Å². The second kappa shape index (κ2) is 5.87. The molecule has 0 saturated heterocycles. The van der Waals surface area contributed by atoms with Crippen LogP contribution in [0.25, 0.3) is 10.8 Å². The first kappa shape index (κ1) is 15.1. The van der Waals surface area contributed by atoms with Crippen LogP contribution in [0.5, 0.6) is 0 Å². The van der Waals surface area contributed by atoms with Gasteiger partial charge in [0.2, 0.25) is 5.91 Å². The van der Waals surface area contributed by atoms with Crippen LogP contribution in [0.15, 0.2) is 40.5 Å². The Labute approximate surface area is 142 Å². The van der Waals surface area contributed by atoms with E-state index >= 15 is 0 Å². The number of amides is 1. The van der Waals surface area contributed by atoms with Gasteiger partial charge in [0, 0.05) is 16.8 Å². The van der Waals surface area contributed by atoms with E-state index in [-0.39, 0.29) is 23.9 Å². The highest BCUT2D eigenvalue weighted by atomic mass is 32.1. The highest BCUT2D eigenvalue weighted by Crippen LogP contribution is 2.33. The summed E-state index contributed by atoms with van der Waals surface area (Å²) in [4.78, 5) is 28.0. The van der Waals surface area contributed by atoms with Gasteiger partial charge in [-0.25, -0.2) is 5.10 Å². The lowest BCUT2D eigenvalue weighted by Crippen LogP contribution is -2.39. The smallest absolute Gasteiger partial charge is 0.272 e. The molecule has 0 unspecified atom stereocenters. The van der Waals surface area contributed by atoms with Gasteiger partial charge in [-0.15, -0.1) is 11.3 Å². The van der Waals surface area contributed by atoms with E-state index in [1.807, 2.05) is 23.1 Å². The Bertz CT molecular complexity index is 976. The predicted octanol–water partition coefficient (Wildman–Crippen LogP) is 2.67. The second-order valence-electron chi connectivity index (χ2n) is 6.03. The summed E-state index contributed by atoms with van der Waals surface area (Å²) in [7, 11) is 0. The largest absolute Gasteiger partial charge is 0.335 e. The number of fused-ring (bicyclic) bond motifs is 2. The van der Waals surface area contributed by atoms with Crippen LogP contribution < -0.4 is 5.56 Å². The number of carbonyl (C=O) groups is 1. The molecule has 0 saturated carbocycles. The van der Waals surface area contributed by atoms with Gasteiger partial charge in [0.15, 0.2) is 0 Å². The Balaban J connectivity index is 1.64. The van der Waals surface area contributed by atoms with E-state index in [1.54, 1.807) is 17.4 Å². The van der Waals surface area contributed by atoms with Crippen LogP contribution >= 0.6 is 11.3 Å². The van der Waals surface area contributed by atoms with Crippen molar-refractivity contribution >= 4 is 28.0 Å². The zero-order chi connectivity index (χ0) is 16.7. The highest BCUT2D eigenvalue weighted by molar-refractivity contribution is 7.10. The Kier molecular flexibility index (Phi) is 3.69. The molecule has 1 atom stereocenters. The standard InChI is InChI=1S/C18H17N3O2S/c1-11-12-7-9-24-16(12)6-8-21(11)17(22)10-15-13-4-2-3-5-14(13)18(23)20-19-15/h2-5,7,9,11H,6,8,10H2,1H3,(H,20,23)/t11-/m0/s1. The van der Waals surface area contributed by atoms with Gasteiger partial charge in [-0.1, -0.05) is 18.2 Å². The summed E-state index contributed by atoms with van der Waals surface area (Å²) in [6.07, 6.45) is 1.10. The van der Waals surface area contributed by atoms with Crippen LogP contribution in [0.1, 0.15) is 29.1 Å². The molecule has 24 heavy (non-hydrogen) atoms. The number of hydrogen-bond acceptors (Lipinski definition) is 4. The summed E-state index contributed by atoms with van der Waals surface area (Å²) in [5, 5.41) is 10.0. The molecule has 0 fully saturated rings. The molecule has 3 heterocycles. The van der Waals surface area contributed by atoms with Gasteiger partial charge < -0.3 is 4.90 Å². The summed E-state index contributed by atoms with van der Waals surface area (Å²) in [5.41, 5.74) is 1.65. The highest BCUT2D eigenvalue weighted by Gasteiger charge is 2.28. The number of nitrogens with zero attached hydrogens (tertiary/aromatic N) is 2. The van der Waals surface area contributed by atoms with E-state index in [2.05, 4.69) is 28.6 Å². The molecule has 1 N–H and O–H groups in total. The average molecular weight is 339 g/mol. The third-order valence-corrected chi connectivity index (χ3v) is 5.69. The second-order valence-corrected chi connectivity index (χ2v) is 7.03. The topological polar surface area (TPSA) is 66.1 Å². The van der Waals surface area contributed by atoms with E-state index in [9.17, 15) is 9.59 Å². The molecule has 6 heteroatoms. The Morgan fingerprint density at radius 1 is 1.33 bits per heavy atom. The van der Waals surface area contributed by atoms with Gasteiger partial charge in [0.1, 0.15) is 0 Å². The van der Waals surface area contributed by atoms with E-state index in [1.165, 1.54) is 10.4 Å². The van der Waals surface area contributed by atoms with E-state index < -0.39 is 0 Å². The average Bonchev–Trinajstić information content (AvgIpc) is 3.07. The third-order valence-electron chi connectivity index (χ3n) is 4.69. The van der Waals surface area contributed by atoms with Gasteiger partial charge in [-0.05, 0) is 36.4 Å². The minimum atomic E-state index is -0.226. The molecule has 1 aromatic carbocycles. The lowest BCUT2D eigenvalue weighted by Gasteiger charge is -2.33. The van der Waals surface area contributed by atoms with Crippen molar-refractivity contribution in [3.05, 3.63) is 62.2 Å². The van der Waals surface area contributed by atoms with Crippen LogP contribution in [0.2, 0.25) is 0 Å². The van der Waals surface area contributed by atoms with Crippen LogP contribution in [-0.2, 0) is 17.6 Å². The summed E-state index contributed by atoms with van der Waals surface area (Å²) in [6, 6.07) is 9.47. The summed E-state index contributed by atoms with van der Waals surface area (Å²) in [5.74, 6) is 0.0454. The van der Waals surface area contributed by atoms with Crippen molar-refractivity contribution in [2.75, 3.05) is 6.54 Å². The Morgan fingerprint density at radius 3 is 2.96 bits per heavy atom. The molecule has 0 aliphatic carbocycles. The van der Waals surface area contributed by atoms with Gasteiger partial charge >= 0.3 is 0 Å². The van der Waals surface area contributed by atoms with Gasteiger partial charge in [-0.2, -0.15) is 5.10 Å². The molecule has 3 aromatic rings. The minimum absolute atomic E-state index is 0.0454. The number of hydrogen-bond donors (Lipinski definition) is 1. The molecular weight excluding hydrogens is 322 g/mol. The maximum atomic E-state index is 12.8. The fourth-order valence-corrected chi connectivity index (χ4v) is 4.36. The number of rotatable bonds is 2. The molecule has 1 aliphatic rings. The van der Waals surface area contributed by atoms with E-state index in [0.717, 1.165) is 18.4 Å². The normalized spacial score (nSPS) is 17.0. The molecule has 2 aromatic heterocycles. The maximum absolute atomic E-state index is 12.8. The first-order valence-corrected chi connectivity index (χ1v) is 8.85. The summed E-state index contributed by atoms with van der Waals surface area (Å²) < 4.78 is 0. The molecular formula is C18H17N3O2S. The van der Waals surface area contributed by atoms with E-state index in [4.69, 9.17) is 0 Å². The number of aromatic amines is 1. The zero-order valence-corrected chi connectivity index (χ0v) is 14.1. The molecule has 0 bridgehead atoms. The quantitative estimate of drug-likeness (QED) is 0.780. The van der Waals surface area contributed by atoms with Crippen molar-refractivity contribution in [1.82, 2.24) is 15.1 Å². The van der Waals surface area contributed by atoms with Crippen molar-refractivity contribution in [2.45, 2.75) is 25.8 Å². The fourth-order valence-electron chi connectivity index (χ4n) is 3.40. The van der Waals surface area contributed by atoms with Crippen molar-refractivity contribution in [2.24, 2.45) is 0 Å². The van der Waals surface area contributed by atoms with Gasteiger partial charge in [-0.3, -0.25) is 9.59 Å². The number of thiophene rings is 1.